The molecule has 4 rings (SSSR count). The summed E-state index contributed by atoms with van der Waals surface area (Å²) >= 11 is 6.49. The SMILES string of the molecule is COCCn1nnnc1[C@@H](c1cccc(C(F)(F)F)c1)N(Cc1ccccc1)Cc1ccccc1Cl. The van der Waals surface area contributed by atoms with Crippen LogP contribution in [0.3, 0.4) is 0 Å². The summed E-state index contributed by atoms with van der Waals surface area (Å²) in [6.07, 6.45) is -4.49. The normalized spacial score (nSPS) is 12.7. The molecule has 0 amide bonds. The maximum atomic E-state index is 13.7. The smallest absolute Gasteiger partial charge is 0.383 e. The molecule has 1 heterocycles. The van der Waals surface area contributed by atoms with Crippen molar-refractivity contribution < 1.29 is 17.9 Å². The van der Waals surface area contributed by atoms with Crippen molar-refractivity contribution in [1.82, 2.24) is 25.1 Å². The van der Waals surface area contributed by atoms with Crippen molar-refractivity contribution in [1.29, 1.82) is 0 Å². The van der Waals surface area contributed by atoms with Crippen LogP contribution in [0, 0.1) is 0 Å². The number of aromatic nitrogens is 4. The zero-order valence-corrected chi connectivity index (χ0v) is 20.3. The van der Waals surface area contributed by atoms with Crippen LogP contribution in [0.15, 0.2) is 78.9 Å². The predicted octanol–water partition coefficient (Wildman–Crippen LogP) is 5.78. The summed E-state index contributed by atoms with van der Waals surface area (Å²) in [5, 5.41) is 12.7. The van der Waals surface area contributed by atoms with Gasteiger partial charge in [0.15, 0.2) is 5.82 Å². The fourth-order valence-corrected chi connectivity index (χ4v) is 4.25. The number of hydrogen-bond donors (Lipinski definition) is 0. The molecule has 1 aromatic heterocycles. The van der Waals surface area contributed by atoms with Gasteiger partial charge in [-0.15, -0.1) is 5.10 Å². The molecule has 0 bridgehead atoms. The molecule has 36 heavy (non-hydrogen) atoms. The van der Waals surface area contributed by atoms with Gasteiger partial charge in [-0.1, -0.05) is 72.3 Å². The molecule has 0 aliphatic heterocycles. The van der Waals surface area contributed by atoms with Crippen molar-refractivity contribution in [2.75, 3.05) is 13.7 Å². The number of nitrogens with zero attached hydrogens (tertiary/aromatic N) is 5. The number of rotatable bonds is 10. The van der Waals surface area contributed by atoms with Gasteiger partial charge in [0, 0.05) is 25.2 Å². The van der Waals surface area contributed by atoms with E-state index in [0.29, 0.717) is 42.7 Å². The van der Waals surface area contributed by atoms with Gasteiger partial charge >= 0.3 is 6.18 Å². The van der Waals surface area contributed by atoms with E-state index in [9.17, 15) is 13.2 Å². The molecule has 0 radical (unpaired) electrons. The predicted molar refractivity (Wildman–Crippen MR) is 130 cm³/mol. The Hall–Kier alpha value is -3.27. The highest BCUT2D eigenvalue weighted by Crippen LogP contribution is 2.35. The Morgan fingerprint density at radius 1 is 0.972 bits per heavy atom. The lowest BCUT2D eigenvalue weighted by atomic mass is 9.99. The average Bonchev–Trinajstić information content (AvgIpc) is 3.32. The number of benzene rings is 3. The van der Waals surface area contributed by atoms with Crippen molar-refractivity contribution in [2.24, 2.45) is 0 Å². The maximum Gasteiger partial charge on any atom is 0.416 e. The number of halogens is 4. The molecule has 4 aromatic rings. The van der Waals surface area contributed by atoms with E-state index in [0.717, 1.165) is 23.3 Å². The Morgan fingerprint density at radius 3 is 2.44 bits per heavy atom. The van der Waals surface area contributed by atoms with Crippen LogP contribution >= 0.6 is 11.6 Å². The molecule has 188 valence electrons. The summed E-state index contributed by atoms with van der Waals surface area (Å²) in [7, 11) is 1.56. The van der Waals surface area contributed by atoms with Crippen molar-refractivity contribution in [2.45, 2.75) is 31.9 Å². The Bertz CT molecular complexity index is 1270. The average molecular weight is 516 g/mol. The molecule has 0 N–H and O–H groups in total. The molecule has 3 aromatic carbocycles. The van der Waals surface area contributed by atoms with Crippen LogP contribution in [-0.4, -0.2) is 38.8 Å². The largest absolute Gasteiger partial charge is 0.416 e. The second-order valence-electron chi connectivity index (χ2n) is 8.26. The Kier molecular flexibility index (Phi) is 8.35. The second-order valence-corrected chi connectivity index (χ2v) is 8.67. The first-order valence-electron chi connectivity index (χ1n) is 11.3. The van der Waals surface area contributed by atoms with Gasteiger partial charge in [0.05, 0.1) is 24.8 Å². The summed E-state index contributed by atoms with van der Waals surface area (Å²) in [4.78, 5) is 2.03. The van der Waals surface area contributed by atoms with Crippen LogP contribution < -0.4 is 0 Å². The van der Waals surface area contributed by atoms with Crippen LogP contribution in [0.25, 0.3) is 0 Å². The van der Waals surface area contributed by atoms with E-state index in [1.165, 1.54) is 6.07 Å². The summed E-state index contributed by atoms with van der Waals surface area (Å²) in [5.41, 5.74) is 1.50. The summed E-state index contributed by atoms with van der Waals surface area (Å²) in [6, 6.07) is 21.7. The van der Waals surface area contributed by atoms with Crippen molar-refractivity contribution in [3.8, 4) is 0 Å². The first-order chi connectivity index (χ1) is 17.4. The molecule has 0 aliphatic rings. The summed E-state index contributed by atoms with van der Waals surface area (Å²) in [6.45, 7) is 1.47. The van der Waals surface area contributed by atoms with Crippen molar-refractivity contribution in [3.05, 3.63) is 112 Å². The molecule has 0 spiro atoms. The van der Waals surface area contributed by atoms with E-state index in [2.05, 4.69) is 15.5 Å². The molecular weight excluding hydrogens is 491 g/mol. The minimum absolute atomic E-state index is 0.344. The number of hydrogen-bond acceptors (Lipinski definition) is 5. The number of ether oxygens (including phenoxy) is 1. The first-order valence-corrected chi connectivity index (χ1v) is 11.7. The van der Waals surface area contributed by atoms with Gasteiger partial charge in [0.1, 0.15) is 0 Å². The third-order valence-electron chi connectivity index (χ3n) is 5.77. The van der Waals surface area contributed by atoms with Gasteiger partial charge in [-0.25, -0.2) is 4.68 Å². The van der Waals surface area contributed by atoms with E-state index in [1.54, 1.807) is 23.9 Å². The van der Waals surface area contributed by atoms with E-state index >= 15 is 0 Å². The van der Waals surface area contributed by atoms with Crippen LogP contribution in [0.1, 0.15) is 34.1 Å². The standard InChI is InChI=1S/C26H25ClF3N5O/c1-36-15-14-35-25(31-32-33-35)24(20-11-7-12-22(16-20)26(28,29)30)34(17-19-8-3-2-4-9-19)18-21-10-5-6-13-23(21)27/h2-13,16,24H,14-15,17-18H2,1H3/t24-/m1/s1. The fraction of sp³-hybridized carbons (Fsp3) is 0.269. The molecular formula is C26H25ClF3N5O. The zero-order chi connectivity index (χ0) is 25.5. The van der Waals surface area contributed by atoms with Gasteiger partial charge in [0.25, 0.3) is 0 Å². The Morgan fingerprint density at radius 2 is 1.72 bits per heavy atom. The maximum absolute atomic E-state index is 13.7. The molecule has 0 fully saturated rings. The first kappa shape index (κ1) is 25.8. The van der Waals surface area contributed by atoms with Gasteiger partial charge in [-0.05, 0) is 45.3 Å². The molecule has 0 saturated carbocycles. The Balaban J connectivity index is 1.86. The van der Waals surface area contributed by atoms with Crippen LogP contribution in [-0.2, 0) is 30.5 Å². The molecule has 0 aliphatic carbocycles. The van der Waals surface area contributed by atoms with E-state index < -0.39 is 17.8 Å². The highest BCUT2D eigenvalue weighted by atomic mass is 35.5. The summed E-state index contributed by atoms with van der Waals surface area (Å²) in [5.74, 6) is 0.411. The molecule has 10 heteroatoms. The lowest BCUT2D eigenvalue weighted by molar-refractivity contribution is -0.137. The number of methoxy groups -OCH3 is 1. The highest BCUT2D eigenvalue weighted by Gasteiger charge is 2.34. The van der Waals surface area contributed by atoms with Crippen LogP contribution in [0.5, 0.6) is 0 Å². The summed E-state index contributed by atoms with van der Waals surface area (Å²) < 4.78 is 47.8. The third kappa shape index (κ3) is 6.29. The molecule has 1 atom stereocenters. The van der Waals surface area contributed by atoms with Crippen molar-refractivity contribution in [3.63, 3.8) is 0 Å². The second kappa shape index (κ2) is 11.6. The van der Waals surface area contributed by atoms with Gasteiger partial charge in [0.2, 0.25) is 0 Å². The minimum atomic E-state index is -4.49. The monoisotopic (exact) mass is 515 g/mol. The van der Waals surface area contributed by atoms with Crippen LogP contribution in [0.4, 0.5) is 13.2 Å². The third-order valence-corrected chi connectivity index (χ3v) is 6.13. The van der Waals surface area contributed by atoms with E-state index in [-0.39, 0.29) is 0 Å². The van der Waals surface area contributed by atoms with Gasteiger partial charge in [-0.3, -0.25) is 4.90 Å². The molecule has 0 unspecified atom stereocenters. The Labute approximate surface area is 212 Å². The quantitative estimate of drug-likeness (QED) is 0.268. The lowest BCUT2D eigenvalue weighted by Crippen LogP contribution is -2.32. The van der Waals surface area contributed by atoms with Crippen molar-refractivity contribution >= 4 is 11.6 Å². The topological polar surface area (TPSA) is 56.1 Å². The number of tetrazole rings is 1. The van der Waals surface area contributed by atoms with Gasteiger partial charge in [-0.2, -0.15) is 13.2 Å². The lowest BCUT2D eigenvalue weighted by Gasteiger charge is -2.32. The minimum Gasteiger partial charge on any atom is -0.383 e. The van der Waals surface area contributed by atoms with Crippen LogP contribution in [0.2, 0.25) is 5.02 Å². The molecule has 0 saturated heterocycles. The van der Waals surface area contributed by atoms with Gasteiger partial charge < -0.3 is 4.74 Å². The highest BCUT2D eigenvalue weighted by molar-refractivity contribution is 6.31. The zero-order valence-electron chi connectivity index (χ0n) is 19.6. The molecule has 6 nitrogen and oxygen atoms in total. The number of alkyl halides is 3. The fourth-order valence-electron chi connectivity index (χ4n) is 4.05. The van der Waals surface area contributed by atoms with E-state index in [1.807, 2.05) is 53.4 Å². The van der Waals surface area contributed by atoms with E-state index in [4.69, 9.17) is 16.3 Å².